The van der Waals surface area contributed by atoms with Crippen LogP contribution in [-0.4, -0.2) is 5.78 Å². The van der Waals surface area contributed by atoms with Crippen LogP contribution in [0.5, 0.6) is 0 Å². The molecule has 1 atom stereocenters. The van der Waals surface area contributed by atoms with Crippen molar-refractivity contribution in [3.05, 3.63) is 76.4 Å². The average Bonchev–Trinajstić information content (AvgIpc) is 2.63. The van der Waals surface area contributed by atoms with Crippen LogP contribution in [0.3, 0.4) is 0 Å². The summed E-state index contributed by atoms with van der Waals surface area (Å²) in [6.07, 6.45) is 14.9. The van der Waals surface area contributed by atoms with Crippen molar-refractivity contribution >= 4 is 23.5 Å². The van der Waals surface area contributed by atoms with E-state index in [1.54, 1.807) is 17.7 Å². The molecule has 156 valence electrons. The lowest BCUT2D eigenvalue weighted by molar-refractivity contribution is -0.110. The van der Waals surface area contributed by atoms with Crippen LogP contribution in [0.15, 0.2) is 65.8 Å². The molecule has 0 N–H and O–H groups in total. The Hall–Kier alpha value is -1.86. The highest BCUT2D eigenvalue weighted by Crippen LogP contribution is 2.44. The standard InChI is InChI=1S/C21H29Cl.C6H6O/c1-20(2,3)17-12-16(13-18(14-17)21(4,5)6)11-15-7-9-19(22)10-8-15;7-6-4-2-1-3-5-6/h7-11,14,17H,12-13H2,1-6H3;2-5H,1H2. The second-order valence-corrected chi connectivity index (χ2v) is 10.5. The van der Waals surface area contributed by atoms with Gasteiger partial charge >= 0.3 is 0 Å². The average molecular weight is 411 g/mol. The van der Waals surface area contributed by atoms with Crippen molar-refractivity contribution in [2.75, 3.05) is 0 Å². The molecule has 1 aromatic carbocycles. The van der Waals surface area contributed by atoms with Gasteiger partial charge < -0.3 is 0 Å². The van der Waals surface area contributed by atoms with E-state index in [1.807, 2.05) is 24.3 Å². The van der Waals surface area contributed by atoms with E-state index in [-0.39, 0.29) is 11.2 Å². The summed E-state index contributed by atoms with van der Waals surface area (Å²) >= 11 is 5.99. The molecule has 2 aliphatic rings. The van der Waals surface area contributed by atoms with Gasteiger partial charge in [0.2, 0.25) is 0 Å². The zero-order valence-corrected chi connectivity index (χ0v) is 19.5. The number of carbonyl (C=O) groups excluding carboxylic acids is 1. The second-order valence-electron chi connectivity index (χ2n) is 10.1. The van der Waals surface area contributed by atoms with Gasteiger partial charge in [0.25, 0.3) is 0 Å². The molecule has 0 spiro atoms. The van der Waals surface area contributed by atoms with Gasteiger partial charge in [-0.25, -0.2) is 0 Å². The lowest BCUT2D eigenvalue weighted by Gasteiger charge is -2.37. The first kappa shape index (κ1) is 23.4. The van der Waals surface area contributed by atoms with Gasteiger partial charge in [0.1, 0.15) is 0 Å². The fraction of sp³-hybridized carbons (Fsp3) is 0.444. The highest BCUT2D eigenvalue weighted by atomic mass is 35.5. The van der Waals surface area contributed by atoms with E-state index in [9.17, 15) is 4.79 Å². The van der Waals surface area contributed by atoms with Gasteiger partial charge in [-0.05, 0) is 65.9 Å². The van der Waals surface area contributed by atoms with Crippen LogP contribution in [0.1, 0.15) is 66.4 Å². The molecule has 0 aliphatic heterocycles. The molecule has 0 fully saturated rings. The van der Waals surface area contributed by atoms with E-state index in [0.29, 0.717) is 11.3 Å². The van der Waals surface area contributed by atoms with Gasteiger partial charge in [-0.2, -0.15) is 0 Å². The van der Waals surface area contributed by atoms with Crippen LogP contribution in [0.4, 0.5) is 0 Å². The molecule has 0 saturated heterocycles. The summed E-state index contributed by atoms with van der Waals surface area (Å²) in [5.41, 5.74) is 4.90. The van der Waals surface area contributed by atoms with Crippen molar-refractivity contribution in [2.45, 2.75) is 60.8 Å². The van der Waals surface area contributed by atoms with Gasteiger partial charge in [0.05, 0.1) is 0 Å². The zero-order valence-electron chi connectivity index (χ0n) is 18.8. The fourth-order valence-electron chi connectivity index (χ4n) is 3.44. The monoisotopic (exact) mass is 410 g/mol. The molecule has 1 aromatic rings. The number of carbonyl (C=O) groups is 1. The minimum absolute atomic E-state index is 0.103. The predicted molar refractivity (Wildman–Crippen MR) is 127 cm³/mol. The van der Waals surface area contributed by atoms with Gasteiger partial charge in [0, 0.05) is 5.02 Å². The molecule has 0 amide bonds. The van der Waals surface area contributed by atoms with Crippen LogP contribution in [0.2, 0.25) is 5.02 Å². The maximum atomic E-state index is 10.3. The Bertz CT molecular complexity index is 807. The van der Waals surface area contributed by atoms with Crippen LogP contribution in [0.25, 0.3) is 6.08 Å². The van der Waals surface area contributed by atoms with Crippen LogP contribution >= 0.6 is 11.6 Å². The molecular weight excluding hydrogens is 376 g/mol. The molecule has 0 heterocycles. The molecule has 1 unspecified atom stereocenters. The molecule has 0 saturated carbocycles. The Labute approximate surface area is 182 Å². The van der Waals surface area contributed by atoms with E-state index in [2.05, 4.69) is 65.8 Å². The minimum atomic E-state index is 0.103. The number of hydrogen-bond donors (Lipinski definition) is 0. The Morgan fingerprint density at radius 2 is 1.55 bits per heavy atom. The number of halogens is 1. The van der Waals surface area contributed by atoms with Gasteiger partial charge in [-0.3, -0.25) is 4.79 Å². The summed E-state index contributed by atoms with van der Waals surface area (Å²) in [7, 11) is 0. The fourth-order valence-corrected chi connectivity index (χ4v) is 3.56. The van der Waals surface area contributed by atoms with Crippen molar-refractivity contribution in [1.82, 2.24) is 0 Å². The first-order chi connectivity index (χ1) is 13.4. The summed E-state index contributed by atoms with van der Waals surface area (Å²) < 4.78 is 0. The molecule has 2 aliphatic carbocycles. The maximum absolute atomic E-state index is 10.3. The molecule has 29 heavy (non-hydrogen) atoms. The number of rotatable bonds is 1. The lowest BCUT2D eigenvalue weighted by atomic mass is 9.68. The number of hydrogen-bond acceptors (Lipinski definition) is 1. The van der Waals surface area contributed by atoms with Gasteiger partial charge in [-0.15, -0.1) is 0 Å². The summed E-state index contributed by atoms with van der Waals surface area (Å²) in [5, 5.41) is 0.800. The van der Waals surface area contributed by atoms with Crippen molar-refractivity contribution in [1.29, 1.82) is 0 Å². The smallest absolute Gasteiger partial charge is 0.178 e. The highest BCUT2D eigenvalue weighted by Gasteiger charge is 2.30. The largest absolute Gasteiger partial charge is 0.290 e. The Balaban J connectivity index is 0.000000360. The second kappa shape index (κ2) is 9.76. The Morgan fingerprint density at radius 3 is 2.00 bits per heavy atom. The van der Waals surface area contributed by atoms with E-state index in [0.717, 1.165) is 24.3 Å². The normalized spacial score (nSPS) is 20.9. The molecule has 0 aromatic heterocycles. The molecule has 1 nitrogen and oxygen atoms in total. The summed E-state index contributed by atoms with van der Waals surface area (Å²) in [4.78, 5) is 10.3. The number of allylic oxidation sites excluding steroid dienone is 7. The van der Waals surface area contributed by atoms with E-state index in [4.69, 9.17) is 11.6 Å². The molecule has 2 heteroatoms. The SMILES string of the molecule is CC(C)(C)C1=CC(C(C)(C)C)CC(=Cc2ccc(Cl)cc2)C1.O=C1C=CCC=C1. The zero-order chi connectivity index (χ0) is 21.7. The van der Waals surface area contributed by atoms with Crippen molar-refractivity contribution in [3.63, 3.8) is 0 Å². The highest BCUT2D eigenvalue weighted by molar-refractivity contribution is 6.30. The van der Waals surface area contributed by atoms with Crippen LogP contribution in [-0.2, 0) is 4.79 Å². The van der Waals surface area contributed by atoms with Gasteiger partial charge in [-0.1, -0.05) is 101 Å². The molecule has 3 rings (SSSR count). The first-order valence-electron chi connectivity index (χ1n) is 10.5. The van der Waals surface area contributed by atoms with Crippen molar-refractivity contribution in [3.8, 4) is 0 Å². The summed E-state index contributed by atoms with van der Waals surface area (Å²) in [6.45, 7) is 14.0. The van der Waals surface area contributed by atoms with E-state index in [1.165, 1.54) is 11.1 Å². The van der Waals surface area contributed by atoms with Crippen molar-refractivity contribution < 1.29 is 4.79 Å². The maximum Gasteiger partial charge on any atom is 0.178 e. The van der Waals surface area contributed by atoms with E-state index >= 15 is 0 Å². The third-order valence-corrected chi connectivity index (χ3v) is 5.71. The molecular formula is C27H35ClO. The minimum Gasteiger partial charge on any atom is -0.290 e. The van der Waals surface area contributed by atoms with E-state index < -0.39 is 0 Å². The van der Waals surface area contributed by atoms with Gasteiger partial charge in [0.15, 0.2) is 5.78 Å². The predicted octanol–water partition coefficient (Wildman–Crippen LogP) is 8.22. The number of benzene rings is 1. The van der Waals surface area contributed by atoms with Crippen LogP contribution in [0, 0.1) is 16.7 Å². The third-order valence-electron chi connectivity index (χ3n) is 5.45. The van der Waals surface area contributed by atoms with Crippen LogP contribution < -0.4 is 0 Å². The quantitative estimate of drug-likeness (QED) is 0.426. The third kappa shape index (κ3) is 7.82. The Morgan fingerprint density at radius 1 is 0.966 bits per heavy atom. The lowest BCUT2D eigenvalue weighted by Crippen LogP contribution is -2.25. The summed E-state index contributed by atoms with van der Waals surface area (Å²) in [5.74, 6) is 0.709. The number of ketones is 1. The molecule has 0 bridgehead atoms. The Kier molecular flexibility index (Phi) is 7.88. The van der Waals surface area contributed by atoms with Crippen molar-refractivity contribution in [2.24, 2.45) is 16.7 Å². The molecule has 0 radical (unpaired) electrons. The summed E-state index contributed by atoms with van der Waals surface area (Å²) in [6, 6.07) is 8.16. The first-order valence-corrected chi connectivity index (χ1v) is 10.9. The topological polar surface area (TPSA) is 17.1 Å².